The Balaban J connectivity index is 3.09. The second kappa shape index (κ2) is 2.45. The van der Waals surface area contributed by atoms with E-state index in [9.17, 15) is 4.79 Å². The lowest BCUT2D eigenvalue weighted by atomic mass is 10.2. The number of rotatable bonds is 0. The molecular formula is C9H11N3O. The van der Waals surface area contributed by atoms with Gasteiger partial charge in [0.2, 0.25) is 0 Å². The third-order valence-corrected chi connectivity index (χ3v) is 2.34. The maximum atomic E-state index is 11.3. The first kappa shape index (κ1) is 8.04. The third-order valence-electron chi connectivity index (χ3n) is 2.34. The lowest BCUT2D eigenvalue weighted by molar-refractivity contribution is 0.847. The molecule has 2 heterocycles. The molecule has 13 heavy (non-hydrogen) atoms. The molecule has 0 aliphatic rings. The molecule has 0 unspecified atom stereocenters. The van der Waals surface area contributed by atoms with Gasteiger partial charge in [-0.25, -0.2) is 4.79 Å². The summed E-state index contributed by atoms with van der Waals surface area (Å²) >= 11 is 0. The van der Waals surface area contributed by atoms with E-state index in [-0.39, 0.29) is 5.69 Å². The SMILES string of the molecule is Cc1nn2c(=O)[nH]cc(C)c2c1C. The van der Waals surface area contributed by atoms with Crippen LogP contribution in [0.25, 0.3) is 5.52 Å². The van der Waals surface area contributed by atoms with Gasteiger partial charge < -0.3 is 4.98 Å². The standard InChI is InChI=1S/C9H11N3O/c1-5-4-10-9(13)12-8(5)6(2)7(3)11-12/h4H,1-3H3,(H,10,13). The number of aromatic nitrogens is 3. The Kier molecular flexibility index (Phi) is 1.52. The number of aromatic amines is 1. The smallest absolute Gasteiger partial charge is 0.312 e. The topological polar surface area (TPSA) is 50.2 Å². The number of hydrogen-bond donors (Lipinski definition) is 1. The summed E-state index contributed by atoms with van der Waals surface area (Å²) in [4.78, 5) is 14.0. The Morgan fingerprint density at radius 1 is 1.38 bits per heavy atom. The van der Waals surface area contributed by atoms with Crippen LogP contribution in [-0.4, -0.2) is 14.6 Å². The minimum absolute atomic E-state index is 0.184. The summed E-state index contributed by atoms with van der Waals surface area (Å²) in [5.41, 5.74) is 3.75. The van der Waals surface area contributed by atoms with E-state index in [0.717, 1.165) is 22.3 Å². The maximum Gasteiger partial charge on any atom is 0.346 e. The zero-order valence-electron chi connectivity index (χ0n) is 7.88. The Morgan fingerprint density at radius 3 is 2.69 bits per heavy atom. The molecule has 0 aromatic carbocycles. The van der Waals surface area contributed by atoms with Crippen molar-refractivity contribution in [2.45, 2.75) is 20.8 Å². The van der Waals surface area contributed by atoms with Gasteiger partial charge in [-0.1, -0.05) is 0 Å². The molecule has 68 valence electrons. The van der Waals surface area contributed by atoms with E-state index in [2.05, 4.69) is 10.1 Å². The van der Waals surface area contributed by atoms with Crippen LogP contribution in [-0.2, 0) is 0 Å². The molecule has 4 heteroatoms. The van der Waals surface area contributed by atoms with Crippen LogP contribution >= 0.6 is 0 Å². The average Bonchev–Trinajstić information content (AvgIpc) is 2.38. The number of hydrogen-bond acceptors (Lipinski definition) is 2. The van der Waals surface area contributed by atoms with Crippen molar-refractivity contribution in [3.8, 4) is 0 Å². The normalized spacial score (nSPS) is 11.0. The molecule has 0 spiro atoms. The zero-order valence-corrected chi connectivity index (χ0v) is 7.88. The van der Waals surface area contributed by atoms with Gasteiger partial charge >= 0.3 is 5.69 Å². The molecule has 0 aliphatic heterocycles. The molecular weight excluding hydrogens is 166 g/mol. The van der Waals surface area contributed by atoms with Gasteiger partial charge in [0, 0.05) is 6.20 Å². The van der Waals surface area contributed by atoms with Gasteiger partial charge in [-0.3, -0.25) is 0 Å². The molecule has 4 nitrogen and oxygen atoms in total. The highest BCUT2D eigenvalue weighted by Crippen LogP contribution is 2.14. The van der Waals surface area contributed by atoms with Crippen molar-refractivity contribution >= 4 is 5.52 Å². The largest absolute Gasteiger partial charge is 0.346 e. The number of aryl methyl sites for hydroxylation is 3. The van der Waals surface area contributed by atoms with Crippen molar-refractivity contribution in [1.82, 2.24) is 14.6 Å². The third kappa shape index (κ3) is 0.983. The van der Waals surface area contributed by atoms with Crippen LogP contribution in [0.4, 0.5) is 0 Å². The molecule has 2 aromatic heterocycles. The summed E-state index contributed by atoms with van der Waals surface area (Å²) in [7, 11) is 0. The highest BCUT2D eigenvalue weighted by atomic mass is 16.1. The van der Waals surface area contributed by atoms with Crippen molar-refractivity contribution in [2.75, 3.05) is 0 Å². The van der Waals surface area contributed by atoms with Crippen molar-refractivity contribution in [3.05, 3.63) is 33.5 Å². The van der Waals surface area contributed by atoms with Crippen LogP contribution in [0, 0.1) is 20.8 Å². The summed E-state index contributed by atoms with van der Waals surface area (Å²) in [5, 5.41) is 4.15. The number of nitrogens with zero attached hydrogens (tertiary/aromatic N) is 2. The highest BCUT2D eigenvalue weighted by molar-refractivity contribution is 5.60. The van der Waals surface area contributed by atoms with Crippen molar-refractivity contribution in [3.63, 3.8) is 0 Å². The van der Waals surface area contributed by atoms with Crippen molar-refractivity contribution in [2.24, 2.45) is 0 Å². The van der Waals surface area contributed by atoms with E-state index in [0.29, 0.717) is 0 Å². The van der Waals surface area contributed by atoms with E-state index >= 15 is 0 Å². The minimum Gasteiger partial charge on any atom is -0.312 e. The lowest BCUT2D eigenvalue weighted by Crippen LogP contribution is -2.17. The first-order valence-electron chi connectivity index (χ1n) is 4.15. The van der Waals surface area contributed by atoms with Gasteiger partial charge in [0.1, 0.15) is 0 Å². The maximum absolute atomic E-state index is 11.3. The lowest BCUT2D eigenvalue weighted by Gasteiger charge is -1.96. The second-order valence-corrected chi connectivity index (χ2v) is 3.25. The van der Waals surface area contributed by atoms with E-state index in [1.807, 2.05) is 20.8 Å². The Morgan fingerprint density at radius 2 is 2.08 bits per heavy atom. The van der Waals surface area contributed by atoms with Gasteiger partial charge in [0.25, 0.3) is 0 Å². The predicted molar refractivity (Wildman–Crippen MR) is 50.0 cm³/mol. The molecule has 0 saturated heterocycles. The average molecular weight is 177 g/mol. The monoisotopic (exact) mass is 177 g/mol. The summed E-state index contributed by atoms with van der Waals surface area (Å²) in [6.45, 7) is 5.84. The summed E-state index contributed by atoms with van der Waals surface area (Å²) in [6.07, 6.45) is 1.71. The first-order chi connectivity index (χ1) is 6.11. The summed E-state index contributed by atoms with van der Waals surface area (Å²) in [5.74, 6) is 0. The fourth-order valence-corrected chi connectivity index (χ4v) is 1.51. The van der Waals surface area contributed by atoms with Crippen LogP contribution in [0.5, 0.6) is 0 Å². The fourth-order valence-electron chi connectivity index (χ4n) is 1.51. The number of fused-ring (bicyclic) bond motifs is 1. The molecule has 2 rings (SSSR count). The quantitative estimate of drug-likeness (QED) is 0.651. The Hall–Kier alpha value is -1.58. The number of nitrogens with one attached hydrogen (secondary N) is 1. The van der Waals surface area contributed by atoms with Crippen molar-refractivity contribution < 1.29 is 0 Å². The molecule has 1 N–H and O–H groups in total. The molecule has 0 radical (unpaired) electrons. The van der Waals surface area contributed by atoms with Gasteiger partial charge in [-0.2, -0.15) is 9.61 Å². The molecule has 0 bridgehead atoms. The van der Waals surface area contributed by atoms with Gasteiger partial charge in [-0.05, 0) is 31.9 Å². The van der Waals surface area contributed by atoms with E-state index in [1.165, 1.54) is 4.52 Å². The molecule has 0 atom stereocenters. The van der Waals surface area contributed by atoms with E-state index in [4.69, 9.17) is 0 Å². The zero-order chi connectivity index (χ0) is 9.59. The Labute approximate surface area is 75.2 Å². The Bertz CT molecular complexity index is 521. The van der Waals surface area contributed by atoms with Crippen molar-refractivity contribution in [1.29, 1.82) is 0 Å². The summed E-state index contributed by atoms with van der Waals surface area (Å²) < 4.78 is 1.42. The van der Waals surface area contributed by atoms with E-state index < -0.39 is 0 Å². The van der Waals surface area contributed by atoms with Crippen LogP contribution in [0.1, 0.15) is 16.8 Å². The summed E-state index contributed by atoms with van der Waals surface area (Å²) in [6, 6.07) is 0. The molecule has 0 aliphatic carbocycles. The van der Waals surface area contributed by atoms with Gasteiger partial charge in [-0.15, -0.1) is 0 Å². The van der Waals surface area contributed by atoms with Gasteiger partial charge in [0.05, 0.1) is 11.2 Å². The second-order valence-electron chi connectivity index (χ2n) is 3.25. The number of H-pyrrole nitrogens is 1. The molecule has 2 aromatic rings. The van der Waals surface area contributed by atoms with Gasteiger partial charge in [0.15, 0.2) is 0 Å². The molecule has 0 amide bonds. The molecule has 0 fully saturated rings. The first-order valence-corrected chi connectivity index (χ1v) is 4.15. The highest BCUT2D eigenvalue weighted by Gasteiger charge is 2.08. The predicted octanol–water partition coefficient (Wildman–Crippen LogP) is 0.948. The van der Waals surface area contributed by atoms with Crippen LogP contribution in [0.15, 0.2) is 11.0 Å². The van der Waals surface area contributed by atoms with Crippen LogP contribution in [0.3, 0.4) is 0 Å². The van der Waals surface area contributed by atoms with E-state index in [1.54, 1.807) is 6.20 Å². The van der Waals surface area contributed by atoms with Crippen LogP contribution < -0.4 is 5.69 Å². The van der Waals surface area contributed by atoms with Crippen LogP contribution in [0.2, 0.25) is 0 Å². The molecule has 0 saturated carbocycles. The minimum atomic E-state index is -0.184. The fraction of sp³-hybridized carbons (Fsp3) is 0.333.